The molecule has 106 valence electrons. The Morgan fingerprint density at radius 2 is 2.11 bits per heavy atom. The van der Waals surface area contributed by atoms with Gasteiger partial charge in [0.05, 0.1) is 17.5 Å². The summed E-state index contributed by atoms with van der Waals surface area (Å²) in [5, 5.41) is 13.6. The zero-order valence-electron chi connectivity index (χ0n) is 10.6. The monoisotopic (exact) mass is 286 g/mol. The molecular formula is C11H18N4O3S. The van der Waals surface area contributed by atoms with Gasteiger partial charge in [0, 0.05) is 12.6 Å². The number of anilines is 1. The number of hydrogen-bond donors (Lipinski definition) is 2. The van der Waals surface area contributed by atoms with Crippen molar-refractivity contribution in [3.8, 4) is 0 Å². The normalized spacial score (nSPS) is 25.6. The quantitative estimate of drug-likeness (QED) is 0.776. The topological polar surface area (TPSA) is 97.1 Å². The smallest absolute Gasteiger partial charge is 0.315 e. The number of rotatable bonds is 6. The second-order valence-electron chi connectivity index (χ2n) is 5.17. The van der Waals surface area contributed by atoms with Gasteiger partial charge < -0.3 is 15.1 Å². The minimum absolute atomic E-state index is 0.291. The number of aromatic nitrogens is 2. The molecule has 2 fully saturated rings. The summed E-state index contributed by atoms with van der Waals surface area (Å²) in [6.07, 6.45) is 3.87. The Kier molecular flexibility index (Phi) is 3.44. The fourth-order valence-electron chi connectivity index (χ4n) is 2.20. The average molecular weight is 286 g/mol. The molecule has 3 rings (SSSR count). The second-order valence-corrected chi connectivity index (χ2v) is 7.57. The lowest BCUT2D eigenvalue weighted by atomic mass is 10.2. The molecule has 2 heterocycles. The van der Waals surface area contributed by atoms with Gasteiger partial charge in [0.1, 0.15) is 0 Å². The van der Waals surface area contributed by atoms with Crippen LogP contribution in [0.15, 0.2) is 4.42 Å². The van der Waals surface area contributed by atoms with Gasteiger partial charge >= 0.3 is 6.01 Å². The van der Waals surface area contributed by atoms with Crippen LogP contribution in [-0.2, 0) is 16.4 Å². The molecule has 0 aromatic carbocycles. The Bertz CT molecular complexity index is 538. The lowest BCUT2D eigenvalue weighted by Crippen LogP contribution is -2.25. The molecule has 1 aliphatic carbocycles. The van der Waals surface area contributed by atoms with Gasteiger partial charge in [-0.05, 0) is 25.7 Å². The molecule has 1 atom stereocenters. The van der Waals surface area contributed by atoms with Gasteiger partial charge in [-0.15, -0.1) is 5.10 Å². The Hall–Kier alpha value is -1.15. The second kappa shape index (κ2) is 5.09. The van der Waals surface area contributed by atoms with E-state index in [0.717, 1.165) is 6.42 Å². The van der Waals surface area contributed by atoms with Crippen LogP contribution >= 0.6 is 0 Å². The molecule has 1 saturated heterocycles. The number of nitrogens with one attached hydrogen (secondary N) is 2. The molecule has 19 heavy (non-hydrogen) atoms. The van der Waals surface area contributed by atoms with E-state index in [0.29, 0.717) is 43.2 Å². The number of hydrogen-bond acceptors (Lipinski definition) is 7. The van der Waals surface area contributed by atoms with Crippen molar-refractivity contribution in [2.75, 3.05) is 17.6 Å². The molecule has 7 nitrogen and oxygen atoms in total. The van der Waals surface area contributed by atoms with Crippen LogP contribution in [-0.4, -0.2) is 42.2 Å². The predicted molar refractivity (Wildman–Crippen MR) is 69.5 cm³/mol. The van der Waals surface area contributed by atoms with Crippen LogP contribution in [0.3, 0.4) is 0 Å². The van der Waals surface area contributed by atoms with Crippen molar-refractivity contribution < 1.29 is 12.8 Å². The molecule has 2 N–H and O–H groups in total. The van der Waals surface area contributed by atoms with E-state index in [1.54, 1.807) is 0 Å². The van der Waals surface area contributed by atoms with Gasteiger partial charge in [-0.2, -0.15) is 0 Å². The van der Waals surface area contributed by atoms with E-state index >= 15 is 0 Å². The lowest BCUT2D eigenvalue weighted by molar-refractivity contribution is 0.475. The maximum atomic E-state index is 11.7. The molecule has 0 bridgehead atoms. The highest BCUT2D eigenvalue weighted by molar-refractivity contribution is 7.92. The van der Waals surface area contributed by atoms with Gasteiger partial charge in [0.15, 0.2) is 9.84 Å². The summed E-state index contributed by atoms with van der Waals surface area (Å²) in [5.41, 5.74) is 0. The summed E-state index contributed by atoms with van der Waals surface area (Å²) >= 11 is 0. The van der Waals surface area contributed by atoms with Crippen molar-refractivity contribution in [2.24, 2.45) is 0 Å². The lowest BCUT2D eigenvalue weighted by Gasteiger charge is -2.08. The third kappa shape index (κ3) is 3.24. The Morgan fingerprint density at radius 3 is 2.79 bits per heavy atom. The van der Waals surface area contributed by atoms with Crippen LogP contribution < -0.4 is 10.6 Å². The number of sulfone groups is 1. The molecular weight excluding hydrogens is 268 g/mol. The average Bonchev–Trinajstić information content (AvgIpc) is 2.99. The molecule has 1 aromatic heterocycles. The summed E-state index contributed by atoms with van der Waals surface area (Å²) in [5.74, 6) is 0.823. The first kappa shape index (κ1) is 12.9. The third-order valence-corrected chi connectivity index (χ3v) is 5.81. The maximum Gasteiger partial charge on any atom is 0.315 e. The van der Waals surface area contributed by atoms with Crippen LogP contribution in [0.5, 0.6) is 0 Å². The Labute approximate surface area is 112 Å². The van der Waals surface area contributed by atoms with Crippen LogP contribution in [0.4, 0.5) is 6.01 Å². The van der Waals surface area contributed by atoms with E-state index in [1.165, 1.54) is 12.8 Å². The molecule has 0 radical (unpaired) electrons. The third-order valence-electron chi connectivity index (χ3n) is 3.53. The van der Waals surface area contributed by atoms with Crippen molar-refractivity contribution in [3.05, 3.63) is 5.89 Å². The largest absolute Gasteiger partial charge is 0.407 e. The van der Waals surface area contributed by atoms with Gasteiger partial charge in [-0.3, -0.25) is 0 Å². The van der Waals surface area contributed by atoms with Crippen molar-refractivity contribution in [1.82, 2.24) is 15.5 Å². The van der Waals surface area contributed by atoms with Crippen molar-refractivity contribution >= 4 is 15.9 Å². The molecule has 0 amide bonds. The van der Waals surface area contributed by atoms with Crippen LogP contribution in [0.2, 0.25) is 0 Å². The molecule has 1 aromatic rings. The summed E-state index contributed by atoms with van der Waals surface area (Å²) in [6.45, 7) is 0.918. The Morgan fingerprint density at radius 1 is 1.26 bits per heavy atom. The van der Waals surface area contributed by atoms with E-state index in [9.17, 15) is 8.42 Å². The van der Waals surface area contributed by atoms with E-state index in [1.807, 2.05) is 0 Å². The van der Waals surface area contributed by atoms with Crippen LogP contribution in [0, 0.1) is 0 Å². The first-order valence-electron chi connectivity index (χ1n) is 6.65. The van der Waals surface area contributed by atoms with Crippen molar-refractivity contribution in [1.29, 1.82) is 0 Å². The fourth-order valence-corrected chi connectivity index (χ4v) is 3.97. The molecule has 1 unspecified atom stereocenters. The molecule has 1 saturated carbocycles. The van der Waals surface area contributed by atoms with Crippen molar-refractivity contribution in [3.63, 3.8) is 0 Å². The van der Waals surface area contributed by atoms with Crippen LogP contribution in [0.1, 0.15) is 31.6 Å². The maximum absolute atomic E-state index is 11.7. The van der Waals surface area contributed by atoms with Gasteiger partial charge in [0.25, 0.3) is 0 Å². The minimum Gasteiger partial charge on any atom is -0.407 e. The van der Waals surface area contributed by atoms with E-state index < -0.39 is 9.84 Å². The standard InChI is InChI=1S/C11H18N4O3S/c16-19(17)5-1-2-9(19)6-13-11-15-14-10(18-11)7-12-8-3-4-8/h8-9,12H,1-7H2,(H,13,15). The van der Waals surface area contributed by atoms with Crippen LogP contribution in [0.25, 0.3) is 0 Å². The van der Waals surface area contributed by atoms with E-state index in [2.05, 4.69) is 20.8 Å². The predicted octanol–water partition coefficient (Wildman–Crippen LogP) is 0.311. The van der Waals surface area contributed by atoms with Gasteiger partial charge in [-0.1, -0.05) is 5.10 Å². The summed E-state index contributed by atoms with van der Waals surface area (Å²) in [7, 11) is -2.93. The molecule has 0 spiro atoms. The number of nitrogens with zero attached hydrogens (tertiary/aromatic N) is 2. The minimum atomic E-state index is -2.93. The SMILES string of the molecule is O=S1(=O)CCCC1CNc1nnc(CNC2CC2)o1. The summed E-state index contributed by atoms with van der Waals surface area (Å²) in [4.78, 5) is 0. The zero-order chi connectivity index (χ0) is 13.3. The van der Waals surface area contributed by atoms with E-state index in [4.69, 9.17) is 4.42 Å². The van der Waals surface area contributed by atoms with Gasteiger partial charge in [-0.25, -0.2) is 8.42 Å². The highest BCUT2D eigenvalue weighted by Crippen LogP contribution is 2.21. The first-order chi connectivity index (χ1) is 9.13. The first-order valence-corrected chi connectivity index (χ1v) is 8.36. The van der Waals surface area contributed by atoms with E-state index in [-0.39, 0.29) is 5.25 Å². The summed E-state index contributed by atoms with van der Waals surface area (Å²) < 4.78 is 28.7. The Balaban J connectivity index is 1.49. The molecule has 2 aliphatic rings. The molecule has 1 aliphatic heterocycles. The molecule has 8 heteroatoms. The fraction of sp³-hybridized carbons (Fsp3) is 0.818. The highest BCUT2D eigenvalue weighted by Gasteiger charge is 2.31. The van der Waals surface area contributed by atoms with Crippen molar-refractivity contribution in [2.45, 2.75) is 43.5 Å². The highest BCUT2D eigenvalue weighted by atomic mass is 32.2. The summed E-state index contributed by atoms with van der Waals surface area (Å²) in [6, 6.07) is 0.890. The zero-order valence-corrected chi connectivity index (χ0v) is 11.4. The van der Waals surface area contributed by atoms with Gasteiger partial charge in [0.2, 0.25) is 5.89 Å².